The number of para-hydroxylation sites is 1. The van der Waals surface area contributed by atoms with Crippen molar-refractivity contribution in [2.75, 3.05) is 20.2 Å². The van der Waals surface area contributed by atoms with Crippen molar-refractivity contribution in [1.29, 1.82) is 0 Å². The van der Waals surface area contributed by atoms with Crippen LogP contribution in [-0.2, 0) is 13.0 Å². The van der Waals surface area contributed by atoms with E-state index in [1.165, 1.54) is 11.6 Å². The molecule has 0 bridgehead atoms. The summed E-state index contributed by atoms with van der Waals surface area (Å²) in [4.78, 5) is 0. The molecule has 32 heavy (non-hydrogen) atoms. The van der Waals surface area contributed by atoms with Crippen LogP contribution < -0.4 is 10.1 Å². The third-order valence-corrected chi connectivity index (χ3v) is 5.73. The molecule has 0 aliphatic rings. The third kappa shape index (κ3) is 4.48. The molecule has 0 atom stereocenters. The van der Waals surface area contributed by atoms with Gasteiger partial charge in [-0.15, -0.1) is 0 Å². The zero-order valence-electron chi connectivity index (χ0n) is 18.6. The SMILES string of the molecule is CCCNCCc1ccc(Cn2c(-c3ccccc3OC)c(F)c3cc(O)ccc32)cc1. The van der Waals surface area contributed by atoms with Crippen LogP contribution in [0.15, 0.2) is 66.7 Å². The zero-order chi connectivity index (χ0) is 22.5. The average Bonchev–Trinajstić information content (AvgIpc) is 3.08. The fraction of sp³-hybridized carbons (Fsp3) is 0.259. The zero-order valence-corrected chi connectivity index (χ0v) is 18.6. The highest BCUT2D eigenvalue weighted by molar-refractivity contribution is 5.90. The second-order valence-electron chi connectivity index (χ2n) is 7.97. The Morgan fingerprint density at radius 3 is 2.47 bits per heavy atom. The molecule has 4 rings (SSSR count). The number of phenolic OH excluding ortho intramolecular Hbond substituents is 1. The Morgan fingerprint density at radius 2 is 1.72 bits per heavy atom. The molecule has 0 fully saturated rings. The molecule has 0 radical (unpaired) electrons. The van der Waals surface area contributed by atoms with Gasteiger partial charge in [-0.25, -0.2) is 4.39 Å². The molecule has 166 valence electrons. The Labute approximate surface area is 188 Å². The molecule has 0 saturated carbocycles. The molecule has 0 spiro atoms. The summed E-state index contributed by atoms with van der Waals surface area (Å²) in [5.41, 5.74) is 4.22. The second kappa shape index (κ2) is 9.88. The van der Waals surface area contributed by atoms with E-state index in [0.717, 1.165) is 37.0 Å². The number of methoxy groups -OCH3 is 1. The molecule has 1 heterocycles. The molecule has 5 heteroatoms. The lowest BCUT2D eigenvalue weighted by atomic mass is 10.1. The number of hydrogen-bond donors (Lipinski definition) is 2. The lowest BCUT2D eigenvalue weighted by molar-refractivity contribution is 0.416. The highest BCUT2D eigenvalue weighted by Gasteiger charge is 2.22. The van der Waals surface area contributed by atoms with E-state index in [1.807, 2.05) is 28.8 Å². The van der Waals surface area contributed by atoms with Crippen molar-refractivity contribution in [2.24, 2.45) is 0 Å². The number of phenols is 1. The Hall–Kier alpha value is -3.31. The minimum Gasteiger partial charge on any atom is -0.508 e. The van der Waals surface area contributed by atoms with Crippen LogP contribution in [0.5, 0.6) is 11.5 Å². The van der Waals surface area contributed by atoms with Crippen LogP contribution in [0.4, 0.5) is 4.39 Å². The summed E-state index contributed by atoms with van der Waals surface area (Å²) in [5, 5.41) is 13.8. The van der Waals surface area contributed by atoms with E-state index < -0.39 is 0 Å². The van der Waals surface area contributed by atoms with Crippen LogP contribution in [0, 0.1) is 5.82 Å². The maximum absolute atomic E-state index is 15.6. The van der Waals surface area contributed by atoms with Gasteiger partial charge in [-0.1, -0.05) is 43.3 Å². The van der Waals surface area contributed by atoms with Crippen molar-refractivity contribution in [3.05, 3.63) is 83.7 Å². The van der Waals surface area contributed by atoms with Crippen molar-refractivity contribution < 1.29 is 14.2 Å². The van der Waals surface area contributed by atoms with Crippen molar-refractivity contribution in [1.82, 2.24) is 9.88 Å². The lowest BCUT2D eigenvalue weighted by Crippen LogP contribution is -2.17. The van der Waals surface area contributed by atoms with E-state index >= 15 is 4.39 Å². The van der Waals surface area contributed by atoms with Crippen molar-refractivity contribution in [3.8, 4) is 22.8 Å². The molecular formula is C27H29FN2O2. The molecule has 4 aromatic rings. The Kier molecular flexibility index (Phi) is 6.76. The van der Waals surface area contributed by atoms with Gasteiger partial charge >= 0.3 is 0 Å². The number of nitrogens with zero attached hydrogens (tertiary/aromatic N) is 1. The quantitative estimate of drug-likeness (QED) is 0.331. The smallest absolute Gasteiger partial charge is 0.157 e. The first-order valence-corrected chi connectivity index (χ1v) is 11.0. The standard InChI is InChI=1S/C27H29FN2O2/c1-3-15-29-16-14-19-8-10-20(11-9-19)18-30-24-13-12-21(31)17-23(24)26(28)27(30)22-6-4-5-7-25(22)32-2/h4-13,17,29,31H,3,14-16,18H2,1-2H3. The summed E-state index contributed by atoms with van der Waals surface area (Å²) < 4.78 is 23.1. The minimum atomic E-state index is -0.362. The number of ether oxygens (including phenoxy) is 1. The Bertz CT molecular complexity index is 1200. The van der Waals surface area contributed by atoms with Gasteiger partial charge in [0.25, 0.3) is 0 Å². The number of benzene rings is 3. The predicted molar refractivity (Wildman–Crippen MR) is 128 cm³/mol. The van der Waals surface area contributed by atoms with Crippen LogP contribution in [-0.4, -0.2) is 29.9 Å². The fourth-order valence-corrected chi connectivity index (χ4v) is 4.10. The van der Waals surface area contributed by atoms with Gasteiger partial charge in [0, 0.05) is 17.5 Å². The summed E-state index contributed by atoms with van der Waals surface area (Å²) in [6.07, 6.45) is 2.11. The maximum atomic E-state index is 15.6. The third-order valence-electron chi connectivity index (χ3n) is 5.73. The number of aromatic nitrogens is 1. The van der Waals surface area contributed by atoms with Crippen molar-refractivity contribution in [3.63, 3.8) is 0 Å². The van der Waals surface area contributed by atoms with Crippen LogP contribution in [0.1, 0.15) is 24.5 Å². The maximum Gasteiger partial charge on any atom is 0.157 e. The van der Waals surface area contributed by atoms with Gasteiger partial charge in [0.2, 0.25) is 0 Å². The topological polar surface area (TPSA) is 46.4 Å². The molecule has 0 amide bonds. The van der Waals surface area contributed by atoms with Gasteiger partial charge in [0.05, 0.1) is 18.3 Å². The minimum absolute atomic E-state index is 0.0427. The van der Waals surface area contributed by atoms with Crippen molar-refractivity contribution in [2.45, 2.75) is 26.3 Å². The largest absolute Gasteiger partial charge is 0.508 e. The molecule has 3 aromatic carbocycles. The Balaban J connectivity index is 1.72. The number of halogens is 1. The molecule has 4 nitrogen and oxygen atoms in total. The van der Waals surface area contributed by atoms with Crippen LogP contribution in [0.3, 0.4) is 0 Å². The summed E-state index contributed by atoms with van der Waals surface area (Å²) in [6, 6.07) is 20.7. The molecule has 0 saturated heterocycles. The number of rotatable bonds is 9. The number of hydrogen-bond acceptors (Lipinski definition) is 3. The molecule has 0 aliphatic carbocycles. The molecule has 0 aliphatic heterocycles. The highest BCUT2D eigenvalue weighted by atomic mass is 19.1. The van der Waals surface area contributed by atoms with Crippen LogP contribution >= 0.6 is 0 Å². The number of fused-ring (bicyclic) bond motifs is 1. The van der Waals surface area contributed by atoms with E-state index in [4.69, 9.17) is 4.74 Å². The first-order chi connectivity index (χ1) is 15.6. The second-order valence-corrected chi connectivity index (χ2v) is 7.97. The highest BCUT2D eigenvalue weighted by Crippen LogP contribution is 2.38. The van der Waals surface area contributed by atoms with E-state index in [0.29, 0.717) is 28.9 Å². The first-order valence-electron chi connectivity index (χ1n) is 11.0. The molecule has 1 aromatic heterocycles. The van der Waals surface area contributed by atoms with E-state index in [9.17, 15) is 5.11 Å². The first kappa shape index (κ1) is 21.9. The molecule has 0 unspecified atom stereocenters. The van der Waals surface area contributed by atoms with Gasteiger partial charge < -0.3 is 19.7 Å². The predicted octanol–water partition coefficient (Wildman–Crippen LogP) is 5.75. The van der Waals surface area contributed by atoms with Gasteiger partial charge in [0.1, 0.15) is 11.5 Å². The monoisotopic (exact) mass is 432 g/mol. The normalized spacial score (nSPS) is 11.2. The number of aromatic hydroxyl groups is 1. The van der Waals surface area contributed by atoms with Gasteiger partial charge in [0.15, 0.2) is 5.82 Å². The van der Waals surface area contributed by atoms with Crippen molar-refractivity contribution >= 4 is 10.9 Å². The summed E-state index contributed by atoms with van der Waals surface area (Å²) in [7, 11) is 1.59. The average molecular weight is 433 g/mol. The Morgan fingerprint density at radius 1 is 0.969 bits per heavy atom. The fourth-order valence-electron chi connectivity index (χ4n) is 4.10. The van der Waals surface area contributed by atoms with E-state index in [-0.39, 0.29) is 11.6 Å². The summed E-state index contributed by atoms with van der Waals surface area (Å²) in [6.45, 7) is 4.66. The van der Waals surface area contributed by atoms with Gasteiger partial charge in [-0.2, -0.15) is 0 Å². The molecular weight excluding hydrogens is 403 g/mol. The summed E-state index contributed by atoms with van der Waals surface area (Å²) in [5.74, 6) is 0.287. The van der Waals surface area contributed by atoms with Gasteiger partial charge in [-0.3, -0.25) is 0 Å². The lowest BCUT2D eigenvalue weighted by Gasteiger charge is -2.14. The van der Waals surface area contributed by atoms with Crippen LogP contribution in [0.2, 0.25) is 0 Å². The van der Waals surface area contributed by atoms with Gasteiger partial charge in [-0.05, 0) is 67.4 Å². The summed E-state index contributed by atoms with van der Waals surface area (Å²) >= 11 is 0. The van der Waals surface area contributed by atoms with E-state index in [1.54, 1.807) is 19.2 Å². The van der Waals surface area contributed by atoms with Crippen LogP contribution in [0.25, 0.3) is 22.2 Å². The number of nitrogens with one attached hydrogen (secondary N) is 1. The van der Waals surface area contributed by atoms with E-state index in [2.05, 4.69) is 36.5 Å². The molecule has 2 N–H and O–H groups in total.